The molecule has 0 aliphatic carbocycles. The quantitative estimate of drug-likeness (QED) is 0.542. The van der Waals surface area contributed by atoms with Crippen LogP contribution in [0.3, 0.4) is 0 Å². The van der Waals surface area contributed by atoms with E-state index >= 15 is 0 Å². The van der Waals surface area contributed by atoms with E-state index < -0.39 is 0 Å². The molecule has 2 N–H and O–H groups in total. The van der Waals surface area contributed by atoms with Gasteiger partial charge in [0.05, 0.1) is 6.54 Å². The number of benzene rings is 1. The van der Waals surface area contributed by atoms with Crippen molar-refractivity contribution in [3.63, 3.8) is 0 Å². The summed E-state index contributed by atoms with van der Waals surface area (Å²) in [5.41, 5.74) is 2.95. The van der Waals surface area contributed by atoms with E-state index in [0.29, 0.717) is 6.61 Å². The summed E-state index contributed by atoms with van der Waals surface area (Å²) < 4.78 is 7.16. The summed E-state index contributed by atoms with van der Waals surface area (Å²) >= 11 is 0. The lowest BCUT2D eigenvalue weighted by atomic mass is 9.94. The first-order valence-electron chi connectivity index (χ1n) is 11.2. The SMILES string of the molecule is CN=C(NCC(C)(C)N1CCc2ccccc2C1)NC1CCc2nc(COC)nn2C1. The van der Waals surface area contributed by atoms with Crippen LogP contribution in [0.2, 0.25) is 0 Å². The van der Waals surface area contributed by atoms with Gasteiger partial charge in [0.1, 0.15) is 12.4 Å². The highest BCUT2D eigenvalue weighted by Gasteiger charge is 2.30. The monoisotopic (exact) mass is 425 g/mol. The number of nitrogens with zero attached hydrogens (tertiary/aromatic N) is 5. The zero-order valence-corrected chi connectivity index (χ0v) is 19.2. The zero-order chi connectivity index (χ0) is 21.8. The van der Waals surface area contributed by atoms with Crippen LogP contribution in [0.1, 0.15) is 43.0 Å². The lowest BCUT2D eigenvalue weighted by Gasteiger charge is -2.42. The van der Waals surface area contributed by atoms with Crippen molar-refractivity contribution >= 4 is 5.96 Å². The fraction of sp³-hybridized carbons (Fsp3) is 0.609. The van der Waals surface area contributed by atoms with E-state index in [1.807, 2.05) is 11.7 Å². The third-order valence-electron chi connectivity index (χ3n) is 6.41. The molecule has 2 aromatic rings. The fourth-order valence-corrected chi connectivity index (χ4v) is 4.48. The van der Waals surface area contributed by atoms with E-state index in [-0.39, 0.29) is 11.6 Å². The summed E-state index contributed by atoms with van der Waals surface area (Å²) in [6.45, 7) is 8.77. The number of hydrogen-bond acceptors (Lipinski definition) is 5. The second-order valence-corrected chi connectivity index (χ2v) is 9.12. The molecule has 1 atom stereocenters. The Kier molecular flexibility index (Phi) is 6.57. The van der Waals surface area contributed by atoms with Crippen molar-refractivity contribution < 1.29 is 4.74 Å². The Bertz CT molecular complexity index is 920. The summed E-state index contributed by atoms with van der Waals surface area (Å²) in [4.78, 5) is 11.6. The van der Waals surface area contributed by atoms with Crippen molar-refractivity contribution in [3.05, 3.63) is 47.0 Å². The van der Waals surface area contributed by atoms with Gasteiger partial charge in [-0.2, -0.15) is 5.10 Å². The van der Waals surface area contributed by atoms with E-state index in [1.165, 1.54) is 11.1 Å². The van der Waals surface area contributed by atoms with Crippen LogP contribution in [0.25, 0.3) is 0 Å². The number of hydrogen-bond donors (Lipinski definition) is 2. The van der Waals surface area contributed by atoms with E-state index in [0.717, 1.165) is 63.0 Å². The minimum absolute atomic E-state index is 0.0197. The molecule has 8 nitrogen and oxygen atoms in total. The molecule has 2 aliphatic rings. The molecule has 1 aromatic carbocycles. The molecule has 0 spiro atoms. The highest BCUT2D eigenvalue weighted by Crippen LogP contribution is 2.25. The number of aryl methyl sites for hydroxylation is 1. The topological polar surface area (TPSA) is 79.6 Å². The summed E-state index contributed by atoms with van der Waals surface area (Å²) in [6, 6.07) is 9.07. The minimum Gasteiger partial charge on any atom is -0.377 e. The van der Waals surface area contributed by atoms with Crippen LogP contribution in [0.15, 0.2) is 29.3 Å². The molecule has 1 unspecified atom stereocenters. The van der Waals surface area contributed by atoms with Crippen molar-refractivity contribution in [2.24, 2.45) is 4.99 Å². The van der Waals surface area contributed by atoms with Gasteiger partial charge in [-0.25, -0.2) is 9.67 Å². The molecule has 0 amide bonds. The zero-order valence-electron chi connectivity index (χ0n) is 19.2. The van der Waals surface area contributed by atoms with E-state index in [1.54, 1.807) is 7.11 Å². The van der Waals surface area contributed by atoms with Gasteiger partial charge >= 0.3 is 0 Å². The highest BCUT2D eigenvalue weighted by atomic mass is 16.5. The van der Waals surface area contributed by atoms with Crippen LogP contribution in [-0.2, 0) is 37.3 Å². The van der Waals surface area contributed by atoms with Crippen molar-refractivity contribution in [3.8, 4) is 0 Å². The summed E-state index contributed by atoms with van der Waals surface area (Å²) in [7, 11) is 3.50. The third-order valence-corrected chi connectivity index (χ3v) is 6.41. The standard InChI is InChI=1S/C23H35N7O/c1-23(2,29-12-11-17-7-5-6-8-18(17)13-29)16-25-22(24-3)26-19-9-10-21-27-20(15-31-4)28-30(21)14-19/h5-8,19H,9-16H2,1-4H3,(H2,24,25,26). The molecule has 2 aliphatic heterocycles. The molecule has 8 heteroatoms. The maximum atomic E-state index is 5.16. The number of fused-ring (bicyclic) bond motifs is 2. The molecule has 31 heavy (non-hydrogen) atoms. The number of aliphatic imine (C=N–C) groups is 1. The number of ether oxygens (including phenoxy) is 1. The van der Waals surface area contributed by atoms with Crippen LogP contribution in [0, 0.1) is 0 Å². The molecule has 0 radical (unpaired) electrons. The molecule has 3 heterocycles. The Hall–Kier alpha value is -2.45. The maximum Gasteiger partial charge on any atom is 0.191 e. The Morgan fingerprint density at radius 1 is 1.26 bits per heavy atom. The normalized spacial score (nSPS) is 19.6. The van der Waals surface area contributed by atoms with Crippen LogP contribution in [0.4, 0.5) is 0 Å². The third kappa shape index (κ3) is 5.07. The lowest BCUT2D eigenvalue weighted by Crippen LogP contribution is -2.56. The van der Waals surface area contributed by atoms with Crippen molar-refractivity contribution in [1.29, 1.82) is 0 Å². The second kappa shape index (κ2) is 9.36. The number of nitrogens with one attached hydrogen (secondary N) is 2. The molecule has 0 saturated heterocycles. The first-order chi connectivity index (χ1) is 15.0. The van der Waals surface area contributed by atoms with Gasteiger partial charge in [-0.15, -0.1) is 0 Å². The Morgan fingerprint density at radius 2 is 2.06 bits per heavy atom. The molecular weight excluding hydrogens is 390 g/mol. The number of aromatic nitrogens is 3. The second-order valence-electron chi connectivity index (χ2n) is 9.12. The van der Waals surface area contributed by atoms with Crippen molar-refractivity contribution in [2.75, 3.05) is 27.2 Å². The smallest absolute Gasteiger partial charge is 0.191 e. The largest absolute Gasteiger partial charge is 0.377 e. The fourth-order valence-electron chi connectivity index (χ4n) is 4.48. The van der Waals surface area contributed by atoms with Gasteiger partial charge in [0.2, 0.25) is 0 Å². The molecule has 1 aromatic heterocycles. The minimum atomic E-state index is 0.0197. The Labute approximate surface area is 185 Å². The van der Waals surface area contributed by atoms with Crippen molar-refractivity contribution in [2.45, 2.75) is 64.4 Å². The van der Waals surface area contributed by atoms with Gasteiger partial charge in [-0.1, -0.05) is 24.3 Å². The Balaban J connectivity index is 1.31. The molecule has 0 saturated carbocycles. The summed E-state index contributed by atoms with van der Waals surface area (Å²) in [5, 5.41) is 11.7. The predicted molar refractivity (Wildman–Crippen MR) is 122 cm³/mol. The molecule has 0 fully saturated rings. The Morgan fingerprint density at radius 3 is 2.84 bits per heavy atom. The molecular formula is C23H35N7O. The average molecular weight is 426 g/mol. The average Bonchev–Trinajstić information content (AvgIpc) is 3.18. The van der Waals surface area contributed by atoms with Crippen molar-refractivity contribution in [1.82, 2.24) is 30.3 Å². The van der Waals surface area contributed by atoms with Gasteiger partial charge in [0.25, 0.3) is 0 Å². The molecule has 168 valence electrons. The van der Waals surface area contributed by atoms with Gasteiger partial charge < -0.3 is 15.4 Å². The van der Waals surface area contributed by atoms with Gasteiger partial charge in [0.15, 0.2) is 11.8 Å². The lowest BCUT2D eigenvalue weighted by molar-refractivity contribution is 0.107. The molecule has 4 rings (SSSR count). The van der Waals surface area contributed by atoms with E-state index in [9.17, 15) is 0 Å². The summed E-state index contributed by atoms with van der Waals surface area (Å²) in [5.74, 6) is 2.64. The van der Waals surface area contributed by atoms with Gasteiger partial charge in [-0.05, 0) is 37.8 Å². The number of methoxy groups -OCH3 is 1. The highest BCUT2D eigenvalue weighted by molar-refractivity contribution is 5.80. The summed E-state index contributed by atoms with van der Waals surface area (Å²) in [6.07, 6.45) is 3.03. The van der Waals surface area contributed by atoms with Crippen LogP contribution in [0.5, 0.6) is 0 Å². The first-order valence-corrected chi connectivity index (χ1v) is 11.2. The van der Waals surface area contributed by atoms with Crippen LogP contribution < -0.4 is 10.6 Å². The maximum absolute atomic E-state index is 5.16. The van der Waals surface area contributed by atoms with Crippen LogP contribution >= 0.6 is 0 Å². The van der Waals surface area contributed by atoms with E-state index in [2.05, 4.69) is 68.7 Å². The predicted octanol–water partition coefficient (Wildman–Crippen LogP) is 1.74. The van der Waals surface area contributed by atoms with Crippen LogP contribution in [-0.4, -0.2) is 64.5 Å². The van der Waals surface area contributed by atoms with E-state index in [4.69, 9.17) is 4.74 Å². The van der Waals surface area contributed by atoms with Gasteiger partial charge in [0, 0.05) is 51.8 Å². The number of rotatable bonds is 6. The number of guanidine groups is 1. The van der Waals surface area contributed by atoms with Gasteiger partial charge in [-0.3, -0.25) is 9.89 Å². The first kappa shape index (κ1) is 21.8. The molecule has 0 bridgehead atoms.